The summed E-state index contributed by atoms with van der Waals surface area (Å²) in [4.78, 5) is 0. The molecule has 140 valence electrons. The van der Waals surface area contributed by atoms with Gasteiger partial charge in [-0.25, -0.2) is 0 Å². The highest BCUT2D eigenvalue weighted by Crippen LogP contribution is 2.35. The van der Waals surface area contributed by atoms with Crippen LogP contribution >= 0.6 is 0 Å². The molecule has 0 atom stereocenters. The van der Waals surface area contributed by atoms with Crippen LogP contribution in [0.15, 0.2) is 91.0 Å². The summed E-state index contributed by atoms with van der Waals surface area (Å²) in [5.41, 5.74) is 10.8. The molecule has 0 aliphatic heterocycles. The molecular weight excluding hydrogens is 352 g/mol. The summed E-state index contributed by atoms with van der Waals surface area (Å²) in [6, 6.07) is 32.1. The fourth-order valence-corrected chi connectivity index (χ4v) is 4.22. The van der Waals surface area contributed by atoms with Crippen LogP contribution in [0.5, 0.6) is 0 Å². The molecule has 5 rings (SSSR count). The molecule has 2 nitrogen and oxygen atoms in total. The van der Waals surface area contributed by atoms with E-state index in [0.717, 1.165) is 22.2 Å². The SMILES string of the molecule is Cc1cc(-c2ccccc2)cc(C)c1-c1cccc(-c2n[nH]c3ccccc23)c1. The van der Waals surface area contributed by atoms with E-state index in [4.69, 9.17) is 0 Å². The summed E-state index contributed by atoms with van der Waals surface area (Å²) in [5.74, 6) is 0. The van der Waals surface area contributed by atoms with Crippen molar-refractivity contribution in [1.82, 2.24) is 10.2 Å². The van der Waals surface area contributed by atoms with Gasteiger partial charge in [0.2, 0.25) is 0 Å². The van der Waals surface area contributed by atoms with Crippen LogP contribution in [0.2, 0.25) is 0 Å². The predicted molar refractivity (Wildman–Crippen MR) is 122 cm³/mol. The van der Waals surface area contributed by atoms with Gasteiger partial charge in [-0.3, -0.25) is 5.10 Å². The van der Waals surface area contributed by atoms with E-state index in [-0.39, 0.29) is 0 Å². The van der Waals surface area contributed by atoms with Crippen molar-refractivity contribution in [3.05, 3.63) is 102 Å². The van der Waals surface area contributed by atoms with Crippen molar-refractivity contribution >= 4 is 10.9 Å². The first kappa shape index (κ1) is 17.4. The Morgan fingerprint density at radius 1 is 0.586 bits per heavy atom. The first-order valence-electron chi connectivity index (χ1n) is 9.91. The molecule has 0 aliphatic rings. The van der Waals surface area contributed by atoms with Crippen molar-refractivity contribution in [3.63, 3.8) is 0 Å². The van der Waals surface area contributed by atoms with Crippen molar-refractivity contribution < 1.29 is 0 Å². The second kappa shape index (κ2) is 7.06. The van der Waals surface area contributed by atoms with Crippen molar-refractivity contribution in [3.8, 4) is 33.5 Å². The molecule has 0 spiro atoms. The normalized spacial score (nSPS) is 11.1. The summed E-state index contributed by atoms with van der Waals surface area (Å²) in [5, 5.41) is 8.87. The number of aromatic amines is 1. The number of aromatic nitrogens is 2. The van der Waals surface area contributed by atoms with Gasteiger partial charge < -0.3 is 0 Å². The van der Waals surface area contributed by atoms with Gasteiger partial charge in [-0.05, 0) is 59.4 Å². The second-order valence-electron chi connectivity index (χ2n) is 7.55. The number of para-hydroxylation sites is 1. The molecule has 0 bridgehead atoms. The zero-order chi connectivity index (χ0) is 19.8. The van der Waals surface area contributed by atoms with Gasteiger partial charge in [0, 0.05) is 10.9 Å². The van der Waals surface area contributed by atoms with Crippen LogP contribution in [0.1, 0.15) is 11.1 Å². The number of rotatable bonds is 3. The monoisotopic (exact) mass is 374 g/mol. The van der Waals surface area contributed by atoms with Crippen LogP contribution in [0.4, 0.5) is 0 Å². The highest BCUT2D eigenvalue weighted by atomic mass is 15.1. The molecular formula is C27H22N2. The molecule has 0 saturated heterocycles. The fraction of sp³-hybridized carbons (Fsp3) is 0.0741. The smallest absolute Gasteiger partial charge is 0.0999 e. The molecule has 4 aromatic carbocycles. The lowest BCUT2D eigenvalue weighted by molar-refractivity contribution is 1.12. The molecule has 0 unspecified atom stereocenters. The zero-order valence-electron chi connectivity index (χ0n) is 16.6. The lowest BCUT2D eigenvalue weighted by atomic mass is 9.90. The summed E-state index contributed by atoms with van der Waals surface area (Å²) in [7, 11) is 0. The van der Waals surface area contributed by atoms with Gasteiger partial charge in [0.15, 0.2) is 0 Å². The van der Waals surface area contributed by atoms with Gasteiger partial charge >= 0.3 is 0 Å². The Bertz CT molecular complexity index is 1290. The molecule has 1 aromatic heterocycles. The third-order valence-electron chi connectivity index (χ3n) is 5.53. The fourth-order valence-electron chi connectivity index (χ4n) is 4.22. The first-order chi connectivity index (χ1) is 14.2. The Morgan fingerprint density at radius 3 is 2.03 bits per heavy atom. The average molecular weight is 374 g/mol. The molecule has 1 N–H and O–H groups in total. The van der Waals surface area contributed by atoms with Crippen LogP contribution in [-0.4, -0.2) is 10.2 Å². The number of nitrogens with zero attached hydrogens (tertiary/aromatic N) is 1. The van der Waals surface area contributed by atoms with E-state index in [0.29, 0.717) is 0 Å². The minimum absolute atomic E-state index is 0.999. The van der Waals surface area contributed by atoms with Gasteiger partial charge in [0.05, 0.1) is 11.2 Å². The number of aryl methyl sites for hydroxylation is 2. The predicted octanol–water partition coefficient (Wildman–Crippen LogP) is 7.18. The van der Waals surface area contributed by atoms with Gasteiger partial charge in [-0.15, -0.1) is 0 Å². The molecule has 0 fully saturated rings. The van der Waals surface area contributed by atoms with Gasteiger partial charge in [-0.1, -0.05) is 78.9 Å². The van der Waals surface area contributed by atoms with Crippen molar-refractivity contribution in [1.29, 1.82) is 0 Å². The lowest BCUT2D eigenvalue weighted by Gasteiger charge is -2.14. The topological polar surface area (TPSA) is 28.7 Å². The first-order valence-corrected chi connectivity index (χ1v) is 9.91. The molecule has 0 amide bonds. The number of H-pyrrole nitrogens is 1. The number of benzene rings is 4. The van der Waals surface area contributed by atoms with Crippen LogP contribution in [0, 0.1) is 13.8 Å². The van der Waals surface area contributed by atoms with Crippen molar-refractivity contribution in [2.75, 3.05) is 0 Å². The Morgan fingerprint density at radius 2 is 1.24 bits per heavy atom. The highest BCUT2D eigenvalue weighted by Gasteiger charge is 2.12. The summed E-state index contributed by atoms with van der Waals surface area (Å²) in [6.45, 7) is 4.40. The van der Waals surface area contributed by atoms with Gasteiger partial charge in [0.25, 0.3) is 0 Å². The van der Waals surface area contributed by atoms with Crippen LogP contribution in [0.3, 0.4) is 0 Å². The molecule has 1 heterocycles. The minimum atomic E-state index is 0.999. The van der Waals surface area contributed by atoms with E-state index in [1.54, 1.807) is 0 Å². The molecule has 29 heavy (non-hydrogen) atoms. The van der Waals surface area contributed by atoms with E-state index in [1.165, 1.54) is 33.4 Å². The Hall–Kier alpha value is -3.65. The number of hydrogen-bond donors (Lipinski definition) is 1. The lowest BCUT2D eigenvalue weighted by Crippen LogP contribution is -1.91. The minimum Gasteiger partial charge on any atom is -0.277 e. The number of hydrogen-bond acceptors (Lipinski definition) is 1. The highest BCUT2D eigenvalue weighted by molar-refractivity contribution is 5.93. The number of nitrogens with one attached hydrogen (secondary N) is 1. The molecule has 0 saturated carbocycles. The van der Waals surface area contributed by atoms with Crippen LogP contribution in [0.25, 0.3) is 44.4 Å². The van der Waals surface area contributed by atoms with Crippen molar-refractivity contribution in [2.45, 2.75) is 13.8 Å². The maximum Gasteiger partial charge on any atom is 0.0999 e. The van der Waals surface area contributed by atoms with E-state index < -0.39 is 0 Å². The third kappa shape index (κ3) is 3.13. The third-order valence-corrected chi connectivity index (χ3v) is 5.53. The zero-order valence-corrected chi connectivity index (χ0v) is 16.6. The molecule has 5 aromatic rings. The Kier molecular flexibility index (Phi) is 4.25. The Labute approximate surface area is 170 Å². The number of fused-ring (bicyclic) bond motifs is 1. The van der Waals surface area contributed by atoms with E-state index in [2.05, 4.69) is 109 Å². The van der Waals surface area contributed by atoms with Gasteiger partial charge in [0.1, 0.15) is 0 Å². The molecule has 0 radical (unpaired) electrons. The van der Waals surface area contributed by atoms with E-state index >= 15 is 0 Å². The Balaban J connectivity index is 1.61. The summed E-state index contributed by atoms with van der Waals surface area (Å²) in [6.07, 6.45) is 0. The summed E-state index contributed by atoms with van der Waals surface area (Å²) < 4.78 is 0. The molecule has 0 aliphatic carbocycles. The maximum atomic E-state index is 4.57. The largest absolute Gasteiger partial charge is 0.277 e. The average Bonchev–Trinajstić information content (AvgIpc) is 3.18. The quantitative estimate of drug-likeness (QED) is 0.356. The van der Waals surface area contributed by atoms with Gasteiger partial charge in [-0.2, -0.15) is 5.10 Å². The molecule has 2 heteroatoms. The second-order valence-corrected chi connectivity index (χ2v) is 7.55. The van der Waals surface area contributed by atoms with Crippen molar-refractivity contribution in [2.24, 2.45) is 0 Å². The van der Waals surface area contributed by atoms with Crippen LogP contribution in [-0.2, 0) is 0 Å². The van der Waals surface area contributed by atoms with E-state index in [1.807, 2.05) is 6.07 Å². The summed E-state index contributed by atoms with van der Waals surface area (Å²) >= 11 is 0. The van der Waals surface area contributed by atoms with Crippen LogP contribution < -0.4 is 0 Å². The van der Waals surface area contributed by atoms with E-state index in [9.17, 15) is 0 Å². The maximum absolute atomic E-state index is 4.57. The standard InChI is InChI=1S/C27H22N2/c1-18-15-23(20-9-4-3-5-10-20)16-19(2)26(18)21-11-8-12-22(17-21)27-24-13-6-7-14-25(24)28-29-27/h3-17H,1-2H3,(H,28,29).